The van der Waals surface area contributed by atoms with Crippen LogP contribution in [0, 0.1) is 11.8 Å². The smallest absolute Gasteiger partial charge is 0.329 e. The van der Waals surface area contributed by atoms with Crippen molar-refractivity contribution in [3.05, 3.63) is 76.4 Å². The second kappa shape index (κ2) is 18.5. The number of para-hydroxylation sites is 1. The highest BCUT2D eigenvalue weighted by molar-refractivity contribution is 6.03. The van der Waals surface area contributed by atoms with Gasteiger partial charge in [0.15, 0.2) is 11.4 Å². The van der Waals surface area contributed by atoms with Gasteiger partial charge in [0.25, 0.3) is 12.3 Å². The SMILES string of the molecule is Cn1c(=O)n(C2CCC(=O)NC2=O)c2cccc(CCCOC3CCN(C[C@H]4CC[C@H](n5cc(NC(=O)c6coc(-c7ccnc(NCC8CC8)c7)n6)c(C(F)F)n5)CC4)CC3)c21. The van der Waals surface area contributed by atoms with Gasteiger partial charge in [0.2, 0.25) is 17.7 Å². The van der Waals surface area contributed by atoms with Crippen LogP contribution in [0.2, 0.25) is 0 Å². The van der Waals surface area contributed by atoms with Gasteiger partial charge in [-0.2, -0.15) is 5.10 Å². The van der Waals surface area contributed by atoms with E-state index >= 15 is 0 Å². The number of carbonyl (C=O) groups excluding carboxylic acids is 3. The van der Waals surface area contributed by atoms with Crippen LogP contribution in [0.15, 0.2) is 58.2 Å². The number of nitrogens with zero attached hydrogens (tertiary/aromatic N) is 7. The van der Waals surface area contributed by atoms with Gasteiger partial charge in [0, 0.05) is 64.2 Å². The Morgan fingerprint density at radius 3 is 2.57 bits per heavy atom. The quantitative estimate of drug-likeness (QED) is 0.0735. The van der Waals surface area contributed by atoms with Crippen LogP contribution >= 0.6 is 0 Å². The second-order valence-electron chi connectivity index (χ2n) is 17.6. The number of oxazole rings is 1. The summed E-state index contributed by atoms with van der Waals surface area (Å²) in [5, 5.41) is 12.5. The van der Waals surface area contributed by atoms with E-state index in [0.29, 0.717) is 41.8 Å². The minimum atomic E-state index is -2.87. The summed E-state index contributed by atoms with van der Waals surface area (Å²) in [5.41, 5.74) is 2.36. The van der Waals surface area contributed by atoms with E-state index in [-0.39, 0.29) is 47.4 Å². The molecule has 2 saturated heterocycles. The van der Waals surface area contributed by atoms with Gasteiger partial charge < -0.3 is 24.7 Å². The van der Waals surface area contributed by atoms with E-state index in [4.69, 9.17) is 9.15 Å². The van der Waals surface area contributed by atoms with Crippen molar-refractivity contribution in [3.8, 4) is 11.5 Å². The van der Waals surface area contributed by atoms with Gasteiger partial charge >= 0.3 is 5.69 Å². The Hall–Kier alpha value is -5.75. The van der Waals surface area contributed by atoms with E-state index in [2.05, 4.69) is 35.9 Å². The number of likely N-dealkylation sites (tertiary alicyclic amines) is 1. The molecule has 18 heteroatoms. The Morgan fingerprint density at radius 2 is 1.81 bits per heavy atom. The van der Waals surface area contributed by atoms with Crippen molar-refractivity contribution in [2.45, 2.75) is 102 Å². The number of alkyl halides is 2. The average Bonchev–Trinajstić information content (AvgIpc) is 3.69. The van der Waals surface area contributed by atoms with Gasteiger partial charge in [0.1, 0.15) is 18.1 Å². The number of ether oxygens (including phenoxy) is 1. The number of imide groups is 1. The normalized spacial score (nSPS) is 21.3. The van der Waals surface area contributed by atoms with Crippen molar-refractivity contribution in [2.75, 3.05) is 43.4 Å². The van der Waals surface area contributed by atoms with E-state index < -0.39 is 30.0 Å². The first-order chi connectivity index (χ1) is 30.6. The fourth-order valence-electron chi connectivity index (χ4n) is 9.46. The van der Waals surface area contributed by atoms with Crippen molar-refractivity contribution in [3.63, 3.8) is 0 Å². The molecule has 0 bridgehead atoms. The first-order valence-electron chi connectivity index (χ1n) is 22.3. The molecular weight excluding hydrogens is 815 g/mol. The number of piperidine rings is 2. The van der Waals surface area contributed by atoms with E-state index in [0.717, 1.165) is 88.6 Å². The monoisotopic (exact) mass is 868 g/mol. The molecule has 334 valence electrons. The number of imidazole rings is 1. The molecule has 2 aliphatic carbocycles. The number of aryl methyl sites for hydroxylation is 2. The number of halogens is 2. The first kappa shape index (κ1) is 42.5. The minimum Gasteiger partial charge on any atom is -0.444 e. The van der Waals surface area contributed by atoms with Gasteiger partial charge in [0.05, 0.1) is 28.9 Å². The van der Waals surface area contributed by atoms with Crippen LogP contribution in [0.25, 0.3) is 22.5 Å². The molecule has 3 amide bonds. The number of pyridine rings is 1. The topological polar surface area (TPSA) is 183 Å². The molecule has 2 aliphatic heterocycles. The Balaban J connectivity index is 0.713. The Bertz CT molecular complexity index is 2510. The molecule has 4 fully saturated rings. The Labute approximate surface area is 362 Å². The number of anilines is 2. The number of hydrogen-bond acceptors (Lipinski definition) is 11. The van der Waals surface area contributed by atoms with Crippen LogP contribution in [0.5, 0.6) is 0 Å². The zero-order valence-electron chi connectivity index (χ0n) is 35.4. The molecule has 6 heterocycles. The fourth-order valence-corrected chi connectivity index (χ4v) is 9.46. The van der Waals surface area contributed by atoms with E-state index in [1.54, 1.807) is 34.6 Å². The summed E-state index contributed by atoms with van der Waals surface area (Å²) in [5.74, 6) is 0.674. The molecule has 16 nitrogen and oxygen atoms in total. The molecule has 3 N–H and O–H groups in total. The molecule has 1 aromatic carbocycles. The maximum atomic E-state index is 14.2. The van der Waals surface area contributed by atoms with Gasteiger partial charge in [-0.25, -0.2) is 23.5 Å². The lowest BCUT2D eigenvalue weighted by Gasteiger charge is -2.36. The molecule has 2 saturated carbocycles. The number of carbonyl (C=O) groups is 3. The van der Waals surface area contributed by atoms with Crippen LogP contribution in [0.4, 0.5) is 20.3 Å². The molecule has 0 radical (unpaired) electrons. The maximum absolute atomic E-state index is 14.2. The van der Waals surface area contributed by atoms with Gasteiger partial charge in [-0.05, 0) is 106 Å². The summed E-state index contributed by atoms with van der Waals surface area (Å²) < 4.78 is 45.0. The predicted octanol–water partition coefficient (Wildman–Crippen LogP) is 6.42. The zero-order valence-corrected chi connectivity index (χ0v) is 35.4. The predicted molar refractivity (Wildman–Crippen MR) is 229 cm³/mol. The van der Waals surface area contributed by atoms with Crippen molar-refractivity contribution in [1.29, 1.82) is 0 Å². The van der Waals surface area contributed by atoms with Crippen LogP contribution in [0.1, 0.15) is 111 Å². The molecule has 4 aromatic heterocycles. The maximum Gasteiger partial charge on any atom is 0.329 e. The number of fused-ring (bicyclic) bond motifs is 1. The molecule has 63 heavy (non-hydrogen) atoms. The molecular formula is C45H54F2N10O6. The minimum absolute atomic E-state index is 0.0279. The Kier molecular flexibility index (Phi) is 12.5. The molecule has 4 aliphatic rings. The summed E-state index contributed by atoms with van der Waals surface area (Å²) in [6.45, 7) is 4.34. The van der Waals surface area contributed by atoms with Crippen LogP contribution in [0.3, 0.4) is 0 Å². The number of amides is 3. The fraction of sp³-hybridized carbons (Fsp3) is 0.533. The molecule has 1 unspecified atom stereocenters. The van der Waals surface area contributed by atoms with E-state index in [9.17, 15) is 28.0 Å². The van der Waals surface area contributed by atoms with Crippen molar-refractivity contribution in [2.24, 2.45) is 18.9 Å². The number of benzene rings is 1. The number of nitrogens with one attached hydrogen (secondary N) is 3. The lowest BCUT2D eigenvalue weighted by molar-refractivity contribution is -0.135. The third-order valence-electron chi connectivity index (χ3n) is 13.1. The molecule has 5 aromatic rings. The number of hydrogen-bond donors (Lipinski definition) is 3. The molecule has 0 spiro atoms. The van der Waals surface area contributed by atoms with Gasteiger partial charge in [-0.3, -0.25) is 33.5 Å². The number of aromatic nitrogens is 6. The number of rotatable bonds is 16. The van der Waals surface area contributed by atoms with Gasteiger partial charge in [-0.1, -0.05) is 12.1 Å². The van der Waals surface area contributed by atoms with E-state index in [1.807, 2.05) is 18.2 Å². The highest BCUT2D eigenvalue weighted by atomic mass is 19.3. The summed E-state index contributed by atoms with van der Waals surface area (Å²) in [4.78, 5) is 62.0. The van der Waals surface area contributed by atoms with Crippen LogP contribution in [-0.4, -0.2) is 90.4 Å². The van der Waals surface area contributed by atoms with Crippen molar-refractivity contribution < 1.29 is 32.3 Å². The first-order valence-corrected chi connectivity index (χ1v) is 22.3. The van der Waals surface area contributed by atoms with Crippen molar-refractivity contribution in [1.82, 2.24) is 39.1 Å². The zero-order chi connectivity index (χ0) is 43.6. The van der Waals surface area contributed by atoms with E-state index in [1.165, 1.54) is 29.9 Å². The highest BCUT2D eigenvalue weighted by Crippen LogP contribution is 2.36. The Morgan fingerprint density at radius 1 is 1.02 bits per heavy atom. The molecule has 9 rings (SSSR count). The lowest BCUT2D eigenvalue weighted by atomic mass is 9.85. The van der Waals surface area contributed by atoms with Crippen LogP contribution < -0.4 is 21.6 Å². The second-order valence-corrected chi connectivity index (χ2v) is 17.6. The summed E-state index contributed by atoms with van der Waals surface area (Å²) in [6, 6.07) is 8.56. The largest absolute Gasteiger partial charge is 0.444 e. The summed E-state index contributed by atoms with van der Waals surface area (Å²) in [7, 11) is 1.72. The molecule has 1 atom stereocenters. The highest BCUT2D eigenvalue weighted by Gasteiger charge is 2.33. The summed E-state index contributed by atoms with van der Waals surface area (Å²) in [6.07, 6.45) is 11.5. The average molecular weight is 869 g/mol. The third kappa shape index (κ3) is 9.61. The van der Waals surface area contributed by atoms with Crippen molar-refractivity contribution >= 4 is 40.3 Å². The lowest BCUT2D eigenvalue weighted by Crippen LogP contribution is -2.44. The summed E-state index contributed by atoms with van der Waals surface area (Å²) >= 11 is 0. The van der Waals surface area contributed by atoms with Gasteiger partial charge in [-0.15, -0.1) is 0 Å². The standard InChI is InChI=1S/C45H54F2N10O6/c1-54-40-29(4-2-6-35(40)57(45(54)61)36-13-14-38(58)52-43(36)60)5-3-21-62-32-16-19-55(20-17-32)24-28-9-11-31(12-10-28)56-25-33(39(53-56)41(46)47)50-42(59)34-26-63-44(51-34)30-15-18-48-37(22-30)49-23-27-7-8-27/h2,4,6,15,18,22,25-28,31-32,36,41H,3,5,7-14,16-17,19-21,23-24H2,1H3,(H,48,49)(H,50,59)(H,52,58,60)/t28-,31-,36?. The third-order valence-corrected chi connectivity index (χ3v) is 13.1. The van der Waals surface area contributed by atoms with Crippen LogP contribution in [-0.2, 0) is 27.8 Å².